The Kier molecular flexibility index (Phi) is 3.60. The predicted molar refractivity (Wildman–Crippen MR) is 76.8 cm³/mol. The Morgan fingerprint density at radius 2 is 2.00 bits per heavy atom. The molecule has 0 radical (unpaired) electrons. The van der Waals surface area contributed by atoms with Gasteiger partial charge in [-0.2, -0.15) is 0 Å². The van der Waals surface area contributed by atoms with E-state index in [0.29, 0.717) is 24.0 Å². The number of hydrogen-bond donors (Lipinski definition) is 1. The fourth-order valence-electron chi connectivity index (χ4n) is 3.68. The summed E-state index contributed by atoms with van der Waals surface area (Å²) in [6, 6.07) is 6.13. The van der Waals surface area contributed by atoms with E-state index >= 15 is 0 Å². The monoisotopic (exact) mass is 261 g/mol. The molecule has 2 fully saturated rings. The van der Waals surface area contributed by atoms with Crippen LogP contribution in [0.2, 0.25) is 0 Å². The molecule has 2 atom stereocenters. The van der Waals surface area contributed by atoms with E-state index in [1.54, 1.807) is 7.11 Å². The molecule has 1 N–H and O–H groups in total. The summed E-state index contributed by atoms with van der Waals surface area (Å²) in [5.74, 6) is 0.694. The third kappa shape index (κ3) is 2.41. The minimum absolute atomic E-state index is 0.667. The van der Waals surface area contributed by atoms with Gasteiger partial charge in [-0.05, 0) is 45.2 Å². The van der Waals surface area contributed by atoms with Crippen LogP contribution in [0.1, 0.15) is 32.1 Å². The SMILES string of the molecule is CNC1CC2CCCC(C1)N2c1ccc(OC)nc1. The summed E-state index contributed by atoms with van der Waals surface area (Å²) in [4.78, 5) is 6.96. The summed E-state index contributed by atoms with van der Waals surface area (Å²) >= 11 is 0. The Balaban J connectivity index is 1.82. The molecule has 2 aliphatic rings. The fourth-order valence-corrected chi connectivity index (χ4v) is 3.68. The number of methoxy groups -OCH3 is 1. The highest BCUT2D eigenvalue weighted by molar-refractivity contribution is 5.49. The molecule has 0 saturated carbocycles. The van der Waals surface area contributed by atoms with Crippen molar-refractivity contribution in [3.8, 4) is 5.88 Å². The molecule has 4 heteroatoms. The van der Waals surface area contributed by atoms with E-state index in [1.165, 1.54) is 37.8 Å². The Hall–Kier alpha value is -1.29. The van der Waals surface area contributed by atoms with Crippen molar-refractivity contribution in [1.82, 2.24) is 10.3 Å². The van der Waals surface area contributed by atoms with Gasteiger partial charge in [-0.15, -0.1) is 0 Å². The number of anilines is 1. The normalized spacial score (nSPS) is 30.2. The first kappa shape index (κ1) is 12.7. The van der Waals surface area contributed by atoms with Crippen LogP contribution in [0.15, 0.2) is 18.3 Å². The number of nitrogens with zero attached hydrogens (tertiary/aromatic N) is 2. The maximum atomic E-state index is 5.15. The average Bonchev–Trinajstić information content (AvgIpc) is 2.46. The van der Waals surface area contributed by atoms with E-state index in [2.05, 4.69) is 28.3 Å². The maximum absolute atomic E-state index is 5.15. The van der Waals surface area contributed by atoms with Crippen LogP contribution in [0.3, 0.4) is 0 Å². The molecule has 0 aliphatic carbocycles. The number of fused-ring (bicyclic) bond motifs is 2. The number of piperidine rings is 2. The molecule has 0 amide bonds. The largest absolute Gasteiger partial charge is 0.481 e. The van der Waals surface area contributed by atoms with Crippen molar-refractivity contribution in [1.29, 1.82) is 0 Å². The van der Waals surface area contributed by atoms with Gasteiger partial charge in [0, 0.05) is 24.2 Å². The molecule has 1 aromatic rings. The summed E-state index contributed by atoms with van der Waals surface area (Å²) in [5.41, 5.74) is 1.25. The molecule has 1 aromatic heterocycles. The van der Waals surface area contributed by atoms with E-state index in [0.717, 1.165) is 0 Å². The first-order chi connectivity index (χ1) is 9.31. The van der Waals surface area contributed by atoms with Crippen LogP contribution in [0.4, 0.5) is 5.69 Å². The van der Waals surface area contributed by atoms with Gasteiger partial charge in [-0.1, -0.05) is 0 Å². The molecule has 4 nitrogen and oxygen atoms in total. The van der Waals surface area contributed by atoms with Crippen molar-refractivity contribution < 1.29 is 4.74 Å². The van der Waals surface area contributed by atoms with Crippen LogP contribution >= 0.6 is 0 Å². The second kappa shape index (κ2) is 5.37. The van der Waals surface area contributed by atoms with Crippen molar-refractivity contribution >= 4 is 5.69 Å². The van der Waals surface area contributed by atoms with Crippen LogP contribution in [-0.4, -0.2) is 37.3 Å². The van der Waals surface area contributed by atoms with Crippen molar-refractivity contribution in [3.05, 3.63) is 18.3 Å². The van der Waals surface area contributed by atoms with Crippen LogP contribution in [0, 0.1) is 0 Å². The summed E-state index contributed by atoms with van der Waals surface area (Å²) < 4.78 is 5.15. The molecule has 0 aromatic carbocycles. The van der Waals surface area contributed by atoms with Gasteiger partial charge in [-0.25, -0.2) is 4.98 Å². The standard InChI is InChI=1S/C15H23N3O/c1-16-11-8-12-4-3-5-13(9-11)18(12)14-6-7-15(19-2)17-10-14/h6-7,10-13,16H,3-5,8-9H2,1-2H3. The lowest BCUT2D eigenvalue weighted by Crippen LogP contribution is -2.56. The third-order valence-corrected chi connectivity index (χ3v) is 4.61. The maximum Gasteiger partial charge on any atom is 0.213 e. The molecule has 2 bridgehead atoms. The molecule has 2 saturated heterocycles. The van der Waals surface area contributed by atoms with Gasteiger partial charge in [0.25, 0.3) is 0 Å². The van der Waals surface area contributed by atoms with Gasteiger partial charge in [0.2, 0.25) is 5.88 Å². The zero-order valence-electron chi connectivity index (χ0n) is 11.8. The van der Waals surface area contributed by atoms with Gasteiger partial charge in [0.15, 0.2) is 0 Å². The number of pyridine rings is 1. The highest BCUT2D eigenvalue weighted by Crippen LogP contribution is 2.37. The molecule has 2 unspecified atom stereocenters. The number of nitrogens with one attached hydrogen (secondary N) is 1. The second-order valence-electron chi connectivity index (χ2n) is 5.66. The van der Waals surface area contributed by atoms with Crippen molar-refractivity contribution in [3.63, 3.8) is 0 Å². The Morgan fingerprint density at radius 1 is 1.26 bits per heavy atom. The zero-order chi connectivity index (χ0) is 13.2. The topological polar surface area (TPSA) is 37.4 Å². The van der Waals surface area contributed by atoms with Crippen molar-refractivity contribution in [2.75, 3.05) is 19.1 Å². The number of aromatic nitrogens is 1. The molecule has 19 heavy (non-hydrogen) atoms. The van der Waals surface area contributed by atoms with Gasteiger partial charge in [0.05, 0.1) is 19.0 Å². The quantitative estimate of drug-likeness (QED) is 0.905. The summed E-state index contributed by atoms with van der Waals surface area (Å²) in [6.45, 7) is 0. The molecular weight excluding hydrogens is 238 g/mol. The molecule has 0 spiro atoms. The highest BCUT2D eigenvalue weighted by atomic mass is 16.5. The minimum Gasteiger partial charge on any atom is -0.481 e. The number of hydrogen-bond acceptors (Lipinski definition) is 4. The molecular formula is C15H23N3O. The Labute approximate surface area is 115 Å². The molecule has 104 valence electrons. The van der Waals surface area contributed by atoms with E-state index in [4.69, 9.17) is 4.74 Å². The summed E-state index contributed by atoms with van der Waals surface area (Å²) in [7, 11) is 3.75. The Bertz CT molecular complexity index is 406. The Morgan fingerprint density at radius 3 is 2.53 bits per heavy atom. The van der Waals surface area contributed by atoms with Gasteiger partial charge in [0.1, 0.15) is 0 Å². The molecule has 3 rings (SSSR count). The van der Waals surface area contributed by atoms with Crippen LogP contribution in [-0.2, 0) is 0 Å². The van der Waals surface area contributed by atoms with Gasteiger partial charge >= 0.3 is 0 Å². The van der Waals surface area contributed by atoms with Crippen molar-refractivity contribution in [2.24, 2.45) is 0 Å². The predicted octanol–water partition coefficient (Wildman–Crippen LogP) is 2.20. The molecule has 2 aliphatic heterocycles. The lowest BCUT2D eigenvalue weighted by Gasteiger charge is -2.50. The van der Waals surface area contributed by atoms with E-state index in [1.807, 2.05) is 12.3 Å². The lowest BCUT2D eigenvalue weighted by atomic mass is 9.81. The van der Waals surface area contributed by atoms with Crippen molar-refractivity contribution in [2.45, 2.75) is 50.2 Å². The van der Waals surface area contributed by atoms with Crippen LogP contribution < -0.4 is 15.0 Å². The van der Waals surface area contributed by atoms with Crippen LogP contribution in [0.25, 0.3) is 0 Å². The van der Waals surface area contributed by atoms with E-state index < -0.39 is 0 Å². The van der Waals surface area contributed by atoms with Gasteiger partial charge in [-0.3, -0.25) is 0 Å². The lowest BCUT2D eigenvalue weighted by molar-refractivity contribution is 0.252. The third-order valence-electron chi connectivity index (χ3n) is 4.61. The second-order valence-corrected chi connectivity index (χ2v) is 5.66. The number of ether oxygens (including phenoxy) is 1. The van der Waals surface area contributed by atoms with Crippen LogP contribution in [0.5, 0.6) is 5.88 Å². The van der Waals surface area contributed by atoms with E-state index in [-0.39, 0.29) is 0 Å². The van der Waals surface area contributed by atoms with E-state index in [9.17, 15) is 0 Å². The fraction of sp³-hybridized carbons (Fsp3) is 0.667. The average molecular weight is 261 g/mol. The first-order valence-electron chi connectivity index (χ1n) is 7.27. The highest BCUT2D eigenvalue weighted by Gasteiger charge is 2.37. The first-order valence-corrected chi connectivity index (χ1v) is 7.27. The minimum atomic E-state index is 0.667. The smallest absolute Gasteiger partial charge is 0.213 e. The zero-order valence-corrected chi connectivity index (χ0v) is 11.8. The number of rotatable bonds is 3. The summed E-state index contributed by atoms with van der Waals surface area (Å²) in [5, 5.41) is 3.46. The molecule has 3 heterocycles. The summed E-state index contributed by atoms with van der Waals surface area (Å²) in [6.07, 6.45) is 8.44. The van der Waals surface area contributed by atoms with Gasteiger partial charge < -0.3 is 15.0 Å².